The van der Waals surface area contributed by atoms with E-state index in [1.807, 2.05) is 19.2 Å². The fraction of sp³-hybridized carbons (Fsp3) is 0.500. The molecule has 0 saturated heterocycles. The first-order valence-electron chi connectivity index (χ1n) is 9.90. The highest BCUT2D eigenvalue weighted by molar-refractivity contribution is 5.53. The number of benzene rings is 2. The van der Waals surface area contributed by atoms with Gasteiger partial charge in [-0.05, 0) is 48.6 Å². The van der Waals surface area contributed by atoms with Crippen LogP contribution in [0.5, 0.6) is 5.75 Å². The molecule has 0 bridgehead atoms. The molecular weight excluding hydrogens is 350 g/mol. The van der Waals surface area contributed by atoms with Crippen LogP contribution in [0, 0.1) is 0 Å². The molecule has 2 aromatic rings. The lowest BCUT2D eigenvalue weighted by Gasteiger charge is -2.44. The highest BCUT2D eigenvalue weighted by Crippen LogP contribution is 2.44. The predicted molar refractivity (Wildman–Crippen MR) is 114 cm³/mol. The van der Waals surface area contributed by atoms with E-state index < -0.39 is 5.60 Å². The van der Waals surface area contributed by atoms with Crippen LogP contribution < -0.4 is 10.1 Å². The SMILES string of the molecule is CNc1ccc2c(c1)C(OC)C(OCc1ccc(C(C)(C)C)cc1)C(C)(C)O2. The summed E-state index contributed by atoms with van der Waals surface area (Å²) in [5.74, 6) is 0.852. The molecule has 0 fully saturated rings. The quantitative estimate of drug-likeness (QED) is 0.743. The zero-order chi connectivity index (χ0) is 20.5. The lowest BCUT2D eigenvalue weighted by molar-refractivity contribution is -0.159. The maximum absolute atomic E-state index is 6.37. The van der Waals surface area contributed by atoms with Gasteiger partial charge in [0.2, 0.25) is 0 Å². The molecule has 0 aliphatic carbocycles. The lowest BCUT2D eigenvalue weighted by atomic mass is 9.86. The molecule has 4 nitrogen and oxygen atoms in total. The molecule has 1 aliphatic heterocycles. The van der Waals surface area contributed by atoms with Crippen LogP contribution in [0.3, 0.4) is 0 Å². The molecule has 1 N–H and O–H groups in total. The second kappa shape index (κ2) is 7.76. The van der Waals surface area contributed by atoms with Crippen molar-refractivity contribution in [2.45, 2.75) is 64.4 Å². The van der Waals surface area contributed by atoms with Gasteiger partial charge in [0.25, 0.3) is 0 Å². The Morgan fingerprint density at radius 1 is 1.07 bits per heavy atom. The van der Waals surface area contributed by atoms with Crippen molar-refractivity contribution in [3.63, 3.8) is 0 Å². The van der Waals surface area contributed by atoms with E-state index in [0.29, 0.717) is 6.61 Å². The maximum atomic E-state index is 6.37. The van der Waals surface area contributed by atoms with Crippen molar-refractivity contribution in [3.8, 4) is 5.75 Å². The Balaban J connectivity index is 1.81. The van der Waals surface area contributed by atoms with Crippen LogP contribution >= 0.6 is 0 Å². The molecule has 2 aromatic carbocycles. The third-order valence-corrected chi connectivity index (χ3v) is 5.44. The van der Waals surface area contributed by atoms with E-state index in [1.165, 1.54) is 5.56 Å². The molecule has 2 unspecified atom stereocenters. The number of hydrogen-bond donors (Lipinski definition) is 1. The van der Waals surface area contributed by atoms with Gasteiger partial charge in [0.15, 0.2) is 0 Å². The van der Waals surface area contributed by atoms with Crippen LogP contribution in [0.25, 0.3) is 0 Å². The Kier molecular flexibility index (Phi) is 5.74. The summed E-state index contributed by atoms with van der Waals surface area (Å²) in [5.41, 5.74) is 4.16. The topological polar surface area (TPSA) is 39.7 Å². The molecule has 0 spiro atoms. The Morgan fingerprint density at radius 3 is 2.32 bits per heavy atom. The summed E-state index contributed by atoms with van der Waals surface area (Å²) in [6.45, 7) is 11.3. The van der Waals surface area contributed by atoms with Crippen LogP contribution in [0.15, 0.2) is 42.5 Å². The van der Waals surface area contributed by atoms with Gasteiger partial charge in [0, 0.05) is 25.4 Å². The molecule has 0 amide bonds. The molecule has 3 rings (SSSR count). The monoisotopic (exact) mass is 383 g/mol. The number of fused-ring (bicyclic) bond motifs is 1. The van der Waals surface area contributed by atoms with Crippen molar-refractivity contribution in [2.24, 2.45) is 0 Å². The minimum Gasteiger partial charge on any atom is -0.485 e. The third-order valence-electron chi connectivity index (χ3n) is 5.44. The van der Waals surface area contributed by atoms with E-state index in [0.717, 1.165) is 22.6 Å². The van der Waals surface area contributed by atoms with Gasteiger partial charge in [-0.3, -0.25) is 0 Å². The molecular formula is C24H33NO3. The van der Waals surface area contributed by atoms with Crippen LogP contribution in [-0.4, -0.2) is 25.9 Å². The predicted octanol–water partition coefficient (Wildman–Crippen LogP) is 5.47. The average molecular weight is 384 g/mol. The van der Waals surface area contributed by atoms with E-state index in [2.05, 4.69) is 70.3 Å². The molecule has 28 heavy (non-hydrogen) atoms. The van der Waals surface area contributed by atoms with Gasteiger partial charge in [-0.1, -0.05) is 45.0 Å². The van der Waals surface area contributed by atoms with E-state index >= 15 is 0 Å². The zero-order valence-corrected chi connectivity index (χ0v) is 18.1. The summed E-state index contributed by atoms with van der Waals surface area (Å²) in [5, 5.41) is 3.18. The highest BCUT2D eigenvalue weighted by Gasteiger charge is 2.45. The minimum absolute atomic E-state index is 0.147. The number of rotatable bonds is 5. The standard InChI is InChI=1S/C24H33NO3/c1-23(2,3)17-10-8-16(9-11-17)15-27-22-21(26-7)19-14-18(25-6)12-13-20(19)28-24(22,4)5/h8-14,21-22,25H,15H2,1-7H3. The van der Waals surface area contributed by atoms with E-state index in [-0.39, 0.29) is 17.6 Å². The summed E-state index contributed by atoms with van der Waals surface area (Å²) in [7, 11) is 3.64. The zero-order valence-electron chi connectivity index (χ0n) is 18.1. The lowest BCUT2D eigenvalue weighted by Crippen LogP contribution is -2.50. The summed E-state index contributed by atoms with van der Waals surface area (Å²) >= 11 is 0. The van der Waals surface area contributed by atoms with Gasteiger partial charge >= 0.3 is 0 Å². The Labute approximate surface area is 169 Å². The van der Waals surface area contributed by atoms with Gasteiger partial charge in [-0.15, -0.1) is 0 Å². The summed E-state index contributed by atoms with van der Waals surface area (Å²) in [6.07, 6.45) is -0.416. The summed E-state index contributed by atoms with van der Waals surface area (Å²) < 4.78 is 18.5. The Bertz CT molecular complexity index is 806. The van der Waals surface area contributed by atoms with Crippen molar-refractivity contribution in [2.75, 3.05) is 19.5 Å². The minimum atomic E-state index is -0.500. The second-order valence-electron chi connectivity index (χ2n) is 9.04. The third kappa shape index (κ3) is 4.18. The molecule has 1 aliphatic rings. The van der Waals surface area contributed by atoms with Crippen molar-refractivity contribution < 1.29 is 14.2 Å². The number of nitrogens with one attached hydrogen (secondary N) is 1. The van der Waals surface area contributed by atoms with Gasteiger partial charge in [-0.2, -0.15) is 0 Å². The van der Waals surface area contributed by atoms with Gasteiger partial charge in [0.1, 0.15) is 23.6 Å². The highest BCUT2D eigenvalue weighted by atomic mass is 16.6. The van der Waals surface area contributed by atoms with Crippen molar-refractivity contribution in [1.82, 2.24) is 0 Å². The van der Waals surface area contributed by atoms with E-state index in [1.54, 1.807) is 7.11 Å². The second-order valence-corrected chi connectivity index (χ2v) is 9.04. The molecule has 1 heterocycles. The average Bonchev–Trinajstić information content (AvgIpc) is 2.64. The molecule has 2 atom stereocenters. The first-order valence-corrected chi connectivity index (χ1v) is 9.90. The molecule has 4 heteroatoms. The molecule has 152 valence electrons. The van der Waals surface area contributed by atoms with E-state index in [9.17, 15) is 0 Å². The molecule has 0 saturated carbocycles. The summed E-state index contributed by atoms with van der Waals surface area (Å²) in [4.78, 5) is 0. The maximum Gasteiger partial charge on any atom is 0.132 e. The Hall–Kier alpha value is -2.04. The van der Waals surface area contributed by atoms with Crippen molar-refractivity contribution in [3.05, 3.63) is 59.2 Å². The Morgan fingerprint density at radius 2 is 1.75 bits per heavy atom. The number of methoxy groups -OCH3 is 1. The molecule has 0 aromatic heterocycles. The number of hydrogen-bond acceptors (Lipinski definition) is 4. The smallest absolute Gasteiger partial charge is 0.132 e. The van der Waals surface area contributed by atoms with Crippen molar-refractivity contribution >= 4 is 5.69 Å². The fourth-order valence-electron chi connectivity index (χ4n) is 3.71. The number of anilines is 1. The van der Waals surface area contributed by atoms with Crippen molar-refractivity contribution in [1.29, 1.82) is 0 Å². The first-order chi connectivity index (χ1) is 13.2. The summed E-state index contributed by atoms with van der Waals surface area (Å²) in [6, 6.07) is 14.7. The fourth-order valence-corrected chi connectivity index (χ4v) is 3.71. The van der Waals surface area contributed by atoms with Crippen LogP contribution in [-0.2, 0) is 21.5 Å². The first kappa shape index (κ1) is 20.7. The molecule has 0 radical (unpaired) electrons. The van der Waals surface area contributed by atoms with E-state index in [4.69, 9.17) is 14.2 Å². The normalized spacial score (nSPS) is 21.0. The van der Waals surface area contributed by atoms with Crippen LogP contribution in [0.4, 0.5) is 5.69 Å². The van der Waals surface area contributed by atoms with Gasteiger partial charge < -0.3 is 19.5 Å². The van der Waals surface area contributed by atoms with Gasteiger partial charge in [-0.25, -0.2) is 0 Å². The largest absolute Gasteiger partial charge is 0.485 e. The number of ether oxygens (including phenoxy) is 3. The van der Waals surface area contributed by atoms with Gasteiger partial charge in [0.05, 0.1) is 6.61 Å². The van der Waals surface area contributed by atoms with Crippen LogP contribution in [0.1, 0.15) is 57.4 Å². The van der Waals surface area contributed by atoms with Crippen LogP contribution in [0.2, 0.25) is 0 Å².